The lowest BCUT2D eigenvalue weighted by Crippen LogP contribution is -2.12. The van der Waals surface area contributed by atoms with E-state index >= 15 is 0 Å². The third kappa shape index (κ3) is 2.96. The minimum absolute atomic E-state index is 0.148. The first-order valence-corrected chi connectivity index (χ1v) is 5.68. The Bertz CT molecular complexity index is 379. The molecule has 86 valence electrons. The first-order chi connectivity index (χ1) is 7.70. The lowest BCUT2D eigenvalue weighted by atomic mass is 10.00. The number of hydrogen-bond acceptors (Lipinski definition) is 2. The van der Waals surface area contributed by atoms with Crippen LogP contribution in [-0.4, -0.2) is 12.8 Å². The molecule has 16 heavy (non-hydrogen) atoms. The second kappa shape index (κ2) is 6.11. The molecule has 0 aromatic heterocycles. The molecule has 0 radical (unpaired) electrons. The third-order valence-corrected chi connectivity index (χ3v) is 2.54. The molecule has 2 heteroatoms. The van der Waals surface area contributed by atoms with Gasteiger partial charge < -0.3 is 5.32 Å². The minimum Gasteiger partial charge on any atom is -0.387 e. The van der Waals surface area contributed by atoms with Crippen molar-refractivity contribution in [2.75, 3.05) is 7.05 Å². The van der Waals surface area contributed by atoms with Crippen molar-refractivity contribution in [2.24, 2.45) is 0 Å². The van der Waals surface area contributed by atoms with Crippen LogP contribution >= 0.6 is 0 Å². The molecular weight excluding hydrogens is 198 g/mol. The van der Waals surface area contributed by atoms with E-state index in [4.69, 9.17) is 0 Å². The number of Topliss-reactive ketones (excluding diaryl/α,β-unsaturated/α-hetero) is 1. The van der Waals surface area contributed by atoms with Gasteiger partial charge in [0.1, 0.15) is 0 Å². The minimum atomic E-state index is 0.148. The quantitative estimate of drug-likeness (QED) is 0.768. The topological polar surface area (TPSA) is 29.1 Å². The largest absolute Gasteiger partial charge is 0.387 e. The van der Waals surface area contributed by atoms with E-state index in [-0.39, 0.29) is 5.78 Å². The highest BCUT2D eigenvalue weighted by Gasteiger charge is 2.11. The zero-order chi connectivity index (χ0) is 12.0. The number of allylic oxidation sites excluding steroid dienone is 1. The van der Waals surface area contributed by atoms with E-state index in [1.54, 1.807) is 6.92 Å². The molecule has 0 saturated carbocycles. The second-order valence-corrected chi connectivity index (χ2v) is 3.78. The van der Waals surface area contributed by atoms with Crippen LogP contribution in [0.3, 0.4) is 0 Å². The van der Waals surface area contributed by atoms with E-state index in [1.165, 1.54) is 0 Å². The van der Waals surface area contributed by atoms with Crippen LogP contribution in [0.5, 0.6) is 0 Å². The summed E-state index contributed by atoms with van der Waals surface area (Å²) in [5, 5.41) is 3.14. The number of benzene rings is 1. The summed E-state index contributed by atoms with van der Waals surface area (Å²) >= 11 is 0. The second-order valence-electron chi connectivity index (χ2n) is 3.78. The predicted molar refractivity (Wildman–Crippen MR) is 68.0 cm³/mol. The molecule has 0 saturated heterocycles. The van der Waals surface area contributed by atoms with E-state index in [9.17, 15) is 4.79 Å². The maximum Gasteiger partial charge on any atom is 0.157 e. The summed E-state index contributed by atoms with van der Waals surface area (Å²) in [5.74, 6) is 0.148. The molecular formula is C14H19NO. The average molecular weight is 217 g/mol. The molecule has 0 bridgehead atoms. The van der Waals surface area contributed by atoms with Crippen LogP contribution in [-0.2, 0) is 4.79 Å². The fourth-order valence-electron chi connectivity index (χ4n) is 1.80. The number of carbonyl (C=O) groups excluding carboxylic acids is 1. The van der Waals surface area contributed by atoms with E-state index in [2.05, 4.69) is 12.2 Å². The van der Waals surface area contributed by atoms with Gasteiger partial charge in [-0.05, 0) is 18.9 Å². The predicted octanol–water partition coefficient (Wildman–Crippen LogP) is 3.01. The molecule has 1 aromatic carbocycles. The zero-order valence-corrected chi connectivity index (χ0v) is 10.2. The average Bonchev–Trinajstić information content (AvgIpc) is 2.30. The van der Waals surface area contributed by atoms with Gasteiger partial charge in [-0.3, -0.25) is 4.79 Å². The molecule has 0 aliphatic carbocycles. The Labute approximate surface area is 97.4 Å². The molecule has 0 unspecified atom stereocenters. The van der Waals surface area contributed by atoms with E-state index in [1.807, 2.05) is 37.4 Å². The lowest BCUT2D eigenvalue weighted by molar-refractivity contribution is -0.113. The lowest BCUT2D eigenvalue weighted by Gasteiger charge is -2.12. The summed E-state index contributed by atoms with van der Waals surface area (Å²) in [4.78, 5) is 11.6. The summed E-state index contributed by atoms with van der Waals surface area (Å²) < 4.78 is 0. The summed E-state index contributed by atoms with van der Waals surface area (Å²) in [6.45, 7) is 3.71. The Hall–Kier alpha value is -1.57. The van der Waals surface area contributed by atoms with Crippen LogP contribution in [0.2, 0.25) is 0 Å². The zero-order valence-electron chi connectivity index (χ0n) is 10.2. The maximum atomic E-state index is 11.6. The SMILES string of the molecule is CCC/C(C(C)=O)=C(/NC)c1ccccc1. The van der Waals surface area contributed by atoms with E-state index < -0.39 is 0 Å². The molecule has 0 heterocycles. The summed E-state index contributed by atoms with van der Waals surface area (Å²) in [6, 6.07) is 9.98. The van der Waals surface area contributed by atoms with Crippen LogP contribution in [0.4, 0.5) is 0 Å². The Kier molecular flexibility index (Phi) is 4.77. The van der Waals surface area contributed by atoms with Crippen LogP contribution in [0.15, 0.2) is 35.9 Å². The first-order valence-electron chi connectivity index (χ1n) is 5.68. The van der Waals surface area contributed by atoms with Crippen LogP contribution in [0.25, 0.3) is 5.70 Å². The van der Waals surface area contributed by atoms with Gasteiger partial charge in [0.15, 0.2) is 5.78 Å². The summed E-state index contributed by atoms with van der Waals surface area (Å²) in [5.41, 5.74) is 2.91. The van der Waals surface area contributed by atoms with Crippen molar-refractivity contribution in [3.8, 4) is 0 Å². The fraction of sp³-hybridized carbons (Fsp3) is 0.357. The fourth-order valence-corrected chi connectivity index (χ4v) is 1.80. The van der Waals surface area contributed by atoms with Gasteiger partial charge in [0, 0.05) is 18.3 Å². The van der Waals surface area contributed by atoms with E-state index in [0.29, 0.717) is 0 Å². The summed E-state index contributed by atoms with van der Waals surface area (Å²) in [6.07, 6.45) is 1.80. The van der Waals surface area contributed by atoms with Gasteiger partial charge in [0.2, 0.25) is 0 Å². The maximum absolute atomic E-state index is 11.6. The van der Waals surface area contributed by atoms with Gasteiger partial charge >= 0.3 is 0 Å². The molecule has 0 atom stereocenters. The van der Waals surface area contributed by atoms with Crippen molar-refractivity contribution in [1.29, 1.82) is 0 Å². The first kappa shape index (κ1) is 12.5. The summed E-state index contributed by atoms with van der Waals surface area (Å²) in [7, 11) is 1.86. The smallest absolute Gasteiger partial charge is 0.157 e. The highest BCUT2D eigenvalue weighted by Crippen LogP contribution is 2.19. The van der Waals surface area contributed by atoms with Crippen molar-refractivity contribution in [1.82, 2.24) is 5.32 Å². The molecule has 0 spiro atoms. The number of nitrogens with one attached hydrogen (secondary N) is 1. The van der Waals surface area contributed by atoms with Gasteiger partial charge in [-0.15, -0.1) is 0 Å². The molecule has 0 fully saturated rings. The molecule has 1 rings (SSSR count). The normalized spacial score (nSPS) is 11.9. The Morgan fingerprint density at radius 2 is 1.88 bits per heavy atom. The van der Waals surface area contributed by atoms with Gasteiger partial charge in [-0.2, -0.15) is 0 Å². The number of carbonyl (C=O) groups is 1. The van der Waals surface area contributed by atoms with Crippen molar-refractivity contribution in [3.63, 3.8) is 0 Å². The molecule has 2 nitrogen and oxygen atoms in total. The van der Waals surface area contributed by atoms with Gasteiger partial charge in [-0.1, -0.05) is 43.7 Å². The van der Waals surface area contributed by atoms with Crippen LogP contribution in [0, 0.1) is 0 Å². The van der Waals surface area contributed by atoms with Crippen molar-refractivity contribution < 1.29 is 4.79 Å². The number of ketones is 1. The Morgan fingerprint density at radius 1 is 1.25 bits per heavy atom. The molecule has 1 aromatic rings. The van der Waals surface area contributed by atoms with Crippen molar-refractivity contribution in [2.45, 2.75) is 26.7 Å². The highest BCUT2D eigenvalue weighted by atomic mass is 16.1. The van der Waals surface area contributed by atoms with Gasteiger partial charge in [0.25, 0.3) is 0 Å². The van der Waals surface area contributed by atoms with Crippen LogP contribution in [0.1, 0.15) is 32.3 Å². The van der Waals surface area contributed by atoms with Crippen molar-refractivity contribution >= 4 is 11.5 Å². The number of hydrogen-bond donors (Lipinski definition) is 1. The molecule has 0 aliphatic heterocycles. The Balaban J connectivity index is 3.20. The molecule has 1 N–H and O–H groups in total. The van der Waals surface area contributed by atoms with Crippen LogP contribution < -0.4 is 5.32 Å². The molecule has 0 aliphatic rings. The van der Waals surface area contributed by atoms with E-state index in [0.717, 1.165) is 29.7 Å². The van der Waals surface area contributed by atoms with Crippen molar-refractivity contribution in [3.05, 3.63) is 41.5 Å². The van der Waals surface area contributed by atoms with Gasteiger partial charge in [0.05, 0.1) is 0 Å². The number of rotatable bonds is 5. The Morgan fingerprint density at radius 3 is 2.31 bits per heavy atom. The molecule has 0 amide bonds. The standard InChI is InChI=1S/C14H19NO/c1-4-8-13(11(2)16)14(15-3)12-9-6-5-7-10-12/h5-7,9-10,15H,4,8H2,1-3H3/b14-13-. The third-order valence-electron chi connectivity index (χ3n) is 2.54. The van der Waals surface area contributed by atoms with Gasteiger partial charge in [-0.25, -0.2) is 0 Å². The monoisotopic (exact) mass is 217 g/mol. The highest BCUT2D eigenvalue weighted by molar-refractivity contribution is 6.00.